The van der Waals surface area contributed by atoms with Crippen molar-refractivity contribution < 1.29 is 19.1 Å². The van der Waals surface area contributed by atoms with E-state index in [9.17, 15) is 20.2 Å². The fourth-order valence-corrected chi connectivity index (χ4v) is 0.809. The fourth-order valence-electron chi connectivity index (χ4n) is 0.809. The van der Waals surface area contributed by atoms with Crippen LogP contribution in [0.5, 0.6) is 0 Å². The van der Waals surface area contributed by atoms with E-state index in [0.29, 0.717) is 0 Å². The Morgan fingerprint density at radius 3 is 1.56 bits per heavy atom. The van der Waals surface area contributed by atoms with Gasteiger partial charge >= 0.3 is 23.3 Å². The Bertz CT molecular complexity index is 573. The van der Waals surface area contributed by atoms with Crippen LogP contribution in [0.15, 0.2) is 19.5 Å². The van der Waals surface area contributed by atoms with Crippen molar-refractivity contribution in [1.82, 2.24) is 20.6 Å². The first-order valence-electron chi connectivity index (χ1n) is 3.95. The molecular weight excluding hydrogens is 256 g/mol. The summed E-state index contributed by atoms with van der Waals surface area (Å²) in [6, 6.07) is 0. The zero-order valence-electron chi connectivity index (χ0n) is 8.03. The first-order chi connectivity index (χ1) is 8.59. The second-order valence-electron chi connectivity index (χ2n) is 2.54. The van der Waals surface area contributed by atoms with Crippen LogP contribution in [0.3, 0.4) is 0 Å². The lowest BCUT2D eigenvalue weighted by Gasteiger charge is -1.85. The van der Waals surface area contributed by atoms with E-state index in [1.165, 1.54) is 0 Å². The summed E-state index contributed by atoms with van der Waals surface area (Å²) >= 11 is 0. The van der Waals surface area contributed by atoms with Crippen molar-refractivity contribution >= 4 is 23.3 Å². The van der Waals surface area contributed by atoms with Crippen LogP contribution in [-0.4, -0.2) is 30.5 Å². The SMILES string of the molecule is O=[N+]([O-])c1nonc1/N=N/c1nonc1[N+](=O)[O-]. The molecular formula is C4N8O6. The topological polar surface area (TPSA) is 189 Å². The molecule has 0 saturated heterocycles. The predicted molar refractivity (Wildman–Crippen MR) is 46.1 cm³/mol. The highest BCUT2D eigenvalue weighted by Gasteiger charge is 2.25. The molecule has 0 unspecified atom stereocenters. The van der Waals surface area contributed by atoms with Gasteiger partial charge in [0.25, 0.3) is 0 Å². The zero-order valence-corrected chi connectivity index (χ0v) is 8.03. The molecule has 0 saturated carbocycles. The van der Waals surface area contributed by atoms with Gasteiger partial charge in [0.1, 0.15) is 0 Å². The second-order valence-corrected chi connectivity index (χ2v) is 2.54. The third kappa shape index (κ3) is 1.96. The van der Waals surface area contributed by atoms with Gasteiger partial charge in [0.05, 0.1) is 0 Å². The molecule has 2 heterocycles. The number of rotatable bonds is 4. The van der Waals surface area contributed by atoms with Crippen molar-refractivity contribution in [3.8, 4) is 0 Å². The molecule has 2 aromatic rings. The molecule has 2 aromatic heterocycles. The van der Waals surface area contributed by atoms with E-state index >= 15 is 0 Å². The van der Waals surface area contributed by atoms with Crippen LogP contribution in [-0.2, 0) is 0 Å². The molecule has 92 valence electrons. The Morgan fingerprint density at radius 1 is 0.833 bits per heavy atom. The highest BCUT2D eigenvalue weighted by Crippen LogP contribution is 2.27. The van der Waals surface area contributed by atoms with E-state index in [-0.39, 0.29) is 0 Å². The summed E-state index contributed by atoms with van der Waals surface area (Å²) in [7, 11) is 0. The van der Waals surface area contributed by atoms with Gasteiger partial charge in [-0.2, -0.15) is 0 Å². The Balaban J connectivity index is 2.30. The van der Waals surface area contributed by atoms with Crippen molar-refractivity contribution in [3.63, 3.8) is 0 Å². The van der Waals surface area contributed by atoms with Gasteiger partial charge in [0, 0.05) is 10.3 Å². The third-order valence-corrected chi connectivity index (χ3v) is 1.49. The van der Waals surface area contributed by atoms with Gasteiger partial charge in [0.15, 0.2) is 10.3 Å². The average molecular weight is 256 g/mol. The minimum atomic E-state index is -0.916. The largest absolute Gasteiger partial charge is 0.462 e. The summed E-state index contributed by atoms with van der Waals surface area (Å²) in [5.41, 5.74) is 0. The molecule has 0 fully saturated rings. The first-order valence-corrected chi connectivity index (χ1v) is 3.95. The molecule has 0 atom stereocenters. The van der Waals surface area contributed by atoms with Gasteiger partial charge in [-0.1, -0.05) is 0 Å². The molecule has 0 bridgehead atoms. The van der Waals surface area contributed by atoms with Crippen LogP contribution in [0.2, 0.25) is 0 Å². The summed E-state index contributed by atoms with van der Waals surface area (Å²) < 4.78 is 8.13. The van der Waals surface area contributed by atoms with Gasteiger partial charge in [0.2, 0.25) is 0 Å². The van der Waals surface area contributed by atoms with Crippen LogP contribution in [0.4, 0.5) is 23.3 Å². The van der Waals surface area contributed by atoms with E-state index in [4.69, 9.17) is 0 Å². The maximum absolute atomic E-state index is 10.4. The predicted octanol–water partition coefficient (Wildman–Crippen LogP) is 0.684. The van der Waals surface area contributed by atoms with Crippen LogP contribution in [0, 0.1) is 20.2 Å². The summed E-state index contributed by atoms with van der Waals surface area (Å²) in [5.74, 6) is -2.73. The molecule has 0 aliphatic rings. The number of azo groups is 1. The minimum Gasteiger partial charge on any atom is -0.358 e. The highest BCUT2D eigenvalue weighted by atomic mass is 16.6. The molecule has 18 heavy (non-hydrogen) atoms. The molecule has 2 rings (SSSR count). The normalized spacial score (nSPS) is 10.9. The van der Waals surface area contributed by atoms with Crippen LogP contribution >= 0.6 is 0 Å². The van der Waals surface area contributed by atoms with E-state index < -0.39 is 33.1 Å². The summed E-state index contributed by atoms with van der Waals surface area (Å²) in [6.07, 6.45) is 0. The van der Waals surface area contributed by atoms with Crippen molar-refractivity contribution in [1.29, 1.82) is 0 Å². The zero-order chi connectivity index (χ0) is 13.1. The van der Waals surface area contributed by atoms with E-state index in [0.717, 1.165) is 0 Å². The third-order valence-electron chi connectivity index (χ3n) is 1.49. The molecule has 0 radical (unpaired) electrons. The standard InChI is InChI=1S/C4N8O6/c13-11(14)3-1(7-17-9-3)5-6-2-4(12(15)16)10-18-8-2/b6-5+. The maximum atomic E-state index is 10.4. The van der Waals surface area contributed by atoms with Gasteiger partial charge in [-0.15, -0.1) is 19.5 Å². The Morgan fingerprint density at radius 2 is 1.22 bits per heavy atom. The highest BCUT2D eigenvalue weighted by molar-refractivity contribution is 5.45. The van der Waals surface area contributed by atoms with Gasteiger partial charge < -0.3 is 20.2 Å². The Kier molecular flexibility index (Phi) is 2.65. The summed E-state index contributed by atoms with van der Waals surface area (Å²) in [6.45, 7) is 0. The lowest BCUT2D eigenvalue weighted by Crippen LogP contribution is -1.88. The van der Waals surface area contributed by atoms with Crippen molar-refractivity contribution in [3.05, 3.63) is 20.2 Å². The lowest BCUT2D eigenvalue weighted by atomic mass is 10.6. The monoisotopic (exact) mass is 256 g/mol. The number of aromatic nitrogens is 4. The van der Waals surface area contributed by atoms with Crippen LogP contribution < -0.4 is 0 Å². The van der Waals surface area contributed by atoms with Crippen molar-refractivity contribution in [2.24, 2.45) is 10.2 Å². The number of hydrogen-bond donors (Lipinski definition) is 0. The average Bonchev–Trinajstić information content (AvgIpc) is 2.94. The summed E-state index contributed by atoms with van der Waals surface area (Å²) in [4.78, 5) is 19.0. The quantitative estimate of drug-likeness (QED) is 0.426. The van der Waals surface area contributed by atoms with Gasteiger partial charge in [-0.05, 0) is 9.85 Å². The first kappa shape index (κ1) is 11.2. The van der Waals surface area contributed by atoms with Gasteiger partial charge in [-0.3, -0.25) is 0 Å². The number of hydrogen-bond acceptors (Lipinski definition) is 12. The molecule has 0 aliphatic carbocycles. The lowest BCUT2D eigenvalue weighted by molar-refractivity contribution is -0.390. The maximum Gasteiger partial charge on any atom is 0.462 e. The number of nitrogens with zero attached hydrogens (tertiary/aromatic N) is 8. The summed E-state index contributed by atoms with van der Waals surface area (Å²) in [5, 5.41) is 39.3. The van der Waals surface area contributed by atoms with E-state index in [2.05, 4.69) is 40.1 Å². The van der Waals surface area contributed by atoms with Crippen LogP contribution in [0.1, 0.15) is 0 Å². The molecule has 0 spiro atoms. The van der Waals surface area contributed by atoms with Crippen LogP contribution in [0.25, 0.3) is 0 Å². The Labute approximate surface area is 94.5 Å². The minimum absolute atomic E-state index is 0.572. The molecule has 14 heteroatoms. The molecule has 0 N–H and O–H groups in total. The van der Waals surface area contributed by atoms with E-state index in [1.807, 2.05) is 0 Å². The van der Waals surface area contributed by atoms with E-state index in [1.54, 1.807) is 0 Å². The molecule has 0 amide bonds. The van der Waals surface area contributed by atoms with Gasteiger partial charge in [-0.25, -0.2) is 0 Å². The molecule has 0 aromatic carbocycles. The fraction of sp³-hybridized carbons (Fsp3) is 0. The molecule has 14 nitrogen and oxygen atoms in total. The number of nitro groups is 2. The smallest absolute Gasteiger partial charge is 0.358 e. The second kappa shape index (κ2) is 4.28. The van der Waals surface area contributed by atoms with Crippen molar-refractivity contribution in [2.45, 2.75) is 0 Å². The molecule has 0 aliphatic heterocycles. The Hall–Kier alpha value is -3.32. The van der Waals surface area contributed by atoms with Crippen molar-refractivity contribution in [2.75, 3.05) is 0 Å².